The summed E-state index contributed by atoms with van der Waals surface area (Å²) in [6.45, 7) is 12.6. The highest BCUT2D eigenvalue weighted by Crippen LogP contribution is 2.33. The van der Waals surface area contributed by atoms with Gasteiger partial charge in [-0.3, -0.25) is 0 Å². The van der Waals surface area contributed by atoms with Crippen LogP contribution in [0.25, 0.3) is 0 Å². The van der Waals surface area contributed by atoms with E-state index in [1.165, 1.54) is 5.56 Å². The number of nitrogens with zero attached hydrogens (tertiary/aromatic N) is 3. The van der Waals surface area contributed by atoms with Crippen LogP contribution in [0.2, 0.25) is 0 Å². The number of hydrogen-bond donors (Lipinski definition) is 0. The van der Waals surface area contributed by atoms with Crippen molar-refractivity contribution in [1.29, 1.82) is 0 Å². The van der Waals surface area contributed by atoms with Gasteiger partial charge in [0.2, 0.25) is 0 Å². The third kappa shape index (κ3) is 3.36. The molecular formula is C18H29N3O2. The molecule has 2 aliphatic rings. The zero-order valence-electron chi connectivity index (χ0n) is 14.8. The molecule has 128 valence electrons. The summed E-state index contributed by atoms with van der Waals surface area (Å²) < 4.78 is 11.7. The zero-order valence-corrected chi connectivity index (χ0v) is 14.8. The van der Waals surface area contributed by atoms with Gasteiger partial charge in [0.15, 0.2) is 0 Å². The lowest BCUT2D eigenvalue weighted by Gasteiger charge is -2.30. The predicted molar refractivity (Wildman–Crippen MR) is 91.1 cm³/mol. The molecule has 0 bridgehead atoms. The summed E-state index contributed by atoms with van der Waals surface area (Å²) in [5.74, 6) is 2.81. The van der Waals surface area contributed by atoms with E-state index in [-0.39, 0.29) is 6.04 Å². The zero-order chi connectivity index (χ0) is 16.4. The van der Waals surface area contributed by atoms with Crippen molar-refractivity contribution in [2.24, 2.45) is 0 Å². The number of rotatable bonds is 3. The van der Waals surface area contributed by atoms with Crippen molar-refractivity contribution in [2.75, 3.05) is 31.3 Å². The maximum atomic E-state index is 5.96. The van der Waals surface area contributed by atoms with E-state index in [0.29, 0.717) is 25.0 Å². The van der Waals surface area contributed by atoms with Crippen LogP contribution >= 0.6 is 0 Å². The lowest BCUT2D eigenvalue weighted by molar-refractivity contribution is 0.0727. The Hall–Kier alpha value is -1.20. The van der Waals surface area contributed by atoms with E-state index >= 15 is 0 Å². The largest absolute Gasteiger partial charge is 0.379 e. The normalized spacial score (nSPS) is 23.0. The van der Waals surface area contributed by atoms with Crippen LogP contribution in [-0.4, -0.2) is 42.4 Å². The van der Waals surface area contributed by atoms with E-state index in [1.54, 1.807) is 0 Å². The van der Waals surface area contributed by atoms with E-state index in [9.17, 15) is 0 Å². The van der Waals surface area contributed by atoms with Gasteiger partial charge in [0.25, 0.3) is 0 Å². The summed E-state index contributed by atoms with van der Waals surface area (Å²) >= 11 is 0. The Labute approximate surface area is 139 Å². The summed E-state index contributed by atoms with van der Waals surface area (Å²) in [5, 5.41) is 0. The third-order valence-corrected chi connectivity index (χ3v) is 4.90. The molecule has 1 aromatic rings. The van der Waals surface area contributed by atoms with Gasteiger partial charge in [0, 0.05) is 24.6 Å². The van der Waals surface area contributed by atoms with Crippen LogP contribution in [0.15, 0.2) is 0 Å². The summed E-state index contributed by atoms with van der Waals surface area (Å²) in [5.41, 5.74) is 2.33. The van der Waals surface area contributed by atoms with Crippen LogP contribution < -0.4 is 4.90 Å². The average Bonchev–Trinajstić information content (AvgIpc) is 2.87. The quantitative estimate of drug-likeness (QED) is 0.856. The predicted octanol–water partition coefficient (Wildman–Crippen LogP) is 3.24. The maximum absolute atomic E-state index is 5.96. The third-order valence-electron chi connectivity index (χ3n) is 4.90. The van der Waals surface area contributed by atoms with Gasteiger partial charge in [-0.25, -0.2) is 9.97 Å². The minimum absolute atomic E-state index is 0.262. The molecule has 23 heavy (non-hydrogen) atoms. The number of ether oxygens (including phenoxy) is 2. The van der Waals surface area contributed by atoms with Gasteiger partial charge in [-0.15, -0.1) is 0 Å². The standard InChI is InChI=1S/C18H29N3O2/c1-5-13(4)17-19-16(12(2)3)15-11-23-10-14-9-22-8-6-7-21(14)18(15)20-17/h12-14H,5-11H2,1-4H3. The Balaban J connectivity index is 2.11. The second-order valence-electron chi connectivity index (χ2n) is 7.02. The molecule has 1 aromatic heterocycles. The molecule has 0 N–H and O–H groups in total. The first-order valence-electron chi connectivity index (χ1n) is 8.94. The Bertz CT molecular complexity index is 547. The second-order valence-corrected chi connectivity index (χ2v) is 7.02. The van der Waals surface area contributed by atoms with Crippen LogP contribution in [0.5, 0.6) is 0 Å². The fourth-order valence-electron chi connectivity index (χ4n) is 3.31. The highest BCUT2D eigenvalue weighted by atomic mass is 16.5. The van der Waals surface area contributed by atoms with E-state index in [1.807, 2.05) is 0 Å². The van der Waals surface area contributed by atoms with E-state index < -0.39 is 0 Å². The Morgan fingerprint density at radius 2 is 1.96 bits per heavy atom. The molecule has 5 heteroatoms. The number of hydrogen-bond acceptors (Lipinski definition) is 5. The molecule has 0 aromatic carbocycles. The molecule has 2 unspecified atom stereocenters. The van der Waals surface area contributed by atoms with Crippen molar-refractivity contribution in [3.63, 3.8) is 0 Å². The monoisotopic (exact) mass is 319 g/mol. The van der Waals surface area contributed by atoms with Crippen molar-refractivity contribution in [2.45, 2.75) is 65.0 Å². The fraction of sp³-hybridized carbons (Fsp3) is 0.778. The molecule has 2 atom stereocenters. The minimum atomic E-state index is 0.262. The number of anilines is 1. The van der Waals surface area contributed by atoms with Gasteiger partial charge >= 0.3 is 0 Å². The van der Waals surface area contributed by atoms with Crippen LogP contribution in [0.3, 0.4) is 0 Å². The van der Waals surface area contributed by atoms with Crippen molar-refractivity contribution in [1.82, 2.24) is 9.97 Å². The van der Waals surface area contributed by atoms with Crippen molar-refractivity contribution in [3.05, 3.63) is 17.1 Å². The molecule has 1 fully saturated rings. The highest BCUT2D eigenvalue weighted by Gasteiger charge is 2.31. The molecule has 0 amide bonds. The topological polar surface area (TPSA) is 47.5 Å². The van der Waals surface area contributed by atoms with E-state index in [0.717, 1.165) is 49.9 Å². The van der Waals surface area contributed by atoms with Crippen molar-refractivity contribution in [3.8, 4) is 0 Å². The lowest BCUT2D eigenvalue weighted by atomic mass is 10.0. The van der Waals surface area contributed by atoms with Gasteiger partial charge in [-0.1, -0.05) is 27.7 Å². The maximum Gasteiger partial charge on any atom is 0.138 e. The highest BCUT2D eigenvalue weighted by molar-refractivity contribution is 5.52. The van der Waals surface area contributed by atoms with Gasteiger partial charge in [0.05, 0.1) is 31.6 Å². The van der Waals surface area contributed by atoms with Gasteiger partial charge in [-0.2, -0.15) is 0 Å². The smallest absolute Gasteiger partial charge is 0.138 e. The Kier molecular flexibility index (Phi) is 5.17. The molecule has 1 saturated heterocycles. The minimum Gasteiger partial charge on any atom is -0.379 e. The number of fused-ring (bicyclic) bond motifs is 3. The molecule has 3 rings (SSSR count). The molecule has 0 spiro atoms. The molecule has 0 radical (unpaired) electrons. The van der Waals surface area contributed by atoms with Crippen LogP contribution in [0.1, 0.15) is 69.5 Å². The van der Waals surface area contributed by atoms with Crippen molar-refractivity contribution >= 4 is 5.82 Å². The van der Waals surface area contributed by atoms with Crippen LogP contribution in [0, 0.1) is 0 Å². The summed E-state index contributed by atoms with van der Waals surface area (Å²) in [7, 11) is 0. The Morgan fingerprint density at radius 1 is 1.17 bits per heavy atom. The summed E-state index contributed by atoms with van der Waals surface area (Å²) in [6.07, 6.45) is 2.09. The molecule has 3 heterocycles. The first-order chi connectivity index (χ1) is 11.1. The molecule has 2 aliphatic heterocycles. The van der Waals surface area contributed by atoms with Gasteiger partial charge in [0.1, 0.15) is 11.6 Å². The average molecular weight is 319 g/mol. The fourth-order valence-corrected chi connectivity index (χ4v) is 3.31. The second kappa shape index (κ2) is 7.14. The first-order valence-corrected chi connectivity index (χ1v) is 8.94. The summed E-state index contributed by atoms with van der Waals surface area (Å²) in [4.78, 5) is 12.3. The van der Waals surface area contributed by atoms with Crippen molar-refractivity contribution < 1.29 is 9.47 Å². The molecule has 0 aliphatic carbocycles. The SMILES string of the molecule is CCC(C)c1nc(C(C)C)c2c(n1)N1CCCOCC1COC2. The van der Waals surface area contributed by atoms with E-state index in [4.69, 9.17) is 19.4 Å². The van der Waals surface area contributed by atoms with Crippen LogP contribution in [-0.2, 0) is 16.1 Å². The van der Waals surface area contributed by atoms with Crippen LogP contribution in [0.4, 0.5) is 5.82 Å². The molecule has 0 saturated carbocycles. The first kappa shape index (κ1) is 16.7. The van der Waals surface area contributed by atoms with E-state index in [2.05, 4.69) is 32.6 Å². The number of aromatic nitrogens is 2. The molecule has 5 nitrogen and oxygen atoms in total. The summed E-state index contributed by atoms with van der Waals surface area (Å²) in [6, 6.07) is 0.262. The van der Waals surface area contributed by atoms with Gasteiger partial charge in [-0.05, 0) is 18.8 Å². The van der Waals surface area contributed by atoms with Gasteiger partial charge < -0.3 is 14.4 Å². The molecular weight excluding hydrogens is 290 g/mol. The lowest BCUT2D eigenvalue weighted by Crippen LogP contribution is -2.40. The Morgan fingerprint density at radius 3 is 2.70 bits per heavy atom.